The minimum atomic E-state index is -0.260. The first kappa shape index (κ1) is 16.4. The maximum atomic E-state index is 12.2. The normalized spacial score (nSPS) is 10.1. The third kappa shape index (κ3) is 4.28. The molecule has 0 aromatic heterocycles. The van der Waals surface area contributed by atoms with Crippen LogP contribution in [0.4, 0.5) is 5.69 Å². The topological polar surface area (TPSA) is 78.4 Å². The molecule has 5 nitrogen and oxygen atoms in total. The smallest absolute Gasteiger partial charge is 0.256 e. The molecule has 0 aliphatic rings. The zero-order chi connectivity index (χ0) is 15.9. The number of halogens is 1. The van der Waals surface area contributed by atoms with Crippen molar-refractivity contribution in [2.24, 2.45) is 0 Å². The first-order valence-electron chi connectivity index (χ1n) is 6.67. The average Bonchev–Trinajstić information content (AvgIpc) is 2.53. The van der Waals surface area contributed by atoms with E-state index in [-0.39, 0.29) is 25.0 Å². The minimum absolute atomic E-state index is 0.102. The first-order valence-corrected chi connectivity index (χ1v) is 7.74. The van der Waals surface area contributed by atoms with Crippen molar-refractivity contribution < 1.29 is 14.7 Å². The number of carbonyl (C=O) groups is 2. The van der Waals surface area contributed by atoms with Gasteiger partial charge in [0, 0.05) is 21.4 Å². The molecule has 3 N–H and O–H groups in total. The molecule has 2 rings (SSSR count). The summed E-state index contributed by atoms with van der Waals surface area (Å²) in [7, 11) is 0. The summed E-state index contributed by atoms with van der Waals surface area (Å²) in [5.41, 5.74) is 1.69. The van der Waals surface area contributed by atoms with Crippen LogP contribution in [0.3, 0.4) is 0 Å². The SMILES string of the molecule is O=C(NCCO)c1ccc(NC(=O)c2ccccc2I)cc1. The predicted octanol–water partition coefficient (Wildman–Crippen LogP) is 2.27. The van der Waals surface area contributed by atoms with Crippen LogP contribution in [0.1, 0.15) is 20.7 Å². The van der Waals surface area contributed by atoms with Crippen LogP contribution in [0, 0.1) is 3.57 Å². The Kier molecular flexibility index (Phi) is 5.91. The number of benzene rings is 2. The van der Waals surface area contributed by atoms with Gasteiger partial charge in [0.25, 0.3) is 11.8 Å². The lowest BCUT2D eigenvalue weighted by Crippen LogP contribution is -2.26. The second-order valence-electron chi connectivity index (χ2n) is 4.49. The number of amides is 2. The summed E-state index contributed by atoms with van der Waals surface area (Å²) in [5.74, 6) is -0.452. The Morgan fingerprint density at radius 2 is 1.68 bits per heavy atom. The molecule has 0 heterocycles. The van der Waals surface area contributed by atoms with Gasteiger partial charge in [0.2, 0.25) is 0 Å². The molecule has 2 amide bonds. The fraction of sp³-hybridized carbons (Fsp3) is 0.125. The van der Waals surface area contributed by atoms with Crippen molar-refractivity contribution in [2.45, 2.75) is 0 Å². The summed E-state index contributed by atoms with van der Waals surface area (Å²) in [5, 5.41) is 14.0. The summed E-state index contributed by atoms with van der Waals surface area (Å²) in [6.45, 7) is 0.110. The van der Waals surface area contributed by atoms with Crippen LogP contribution < -0.4 is 10.6 Å². The van der Waals surface area contributed by atoms with E-state index in [1.165, 1.54) is 0 Å². The molecule has 6 heteroatoms. The highest BCUT2D eigenvalue weighted by molar-refractivity contribution is 14.1. The molecule has 0 unspecified atom stereocenters. The van der Waals surface area contributed by atoms with Crippen LogP contribution in [-0.2, 0) is 0 Å². The van der Waals surface area contributed by atoms with Crippen molar-refractivity contribution in [1.29, 1.82) is 0 Å². The fourth-order valence-corrected chi connectivity index (χ4v) is 2.45. The fourth-order valence-electron chi connectivity index (χ4n) is 1.82. The molecule has 0 fully saturated rings. The van der Waals surface area contributed by atoms with Crippen molar-refractivity contribution in [1.82, 2.24) is 5.32 Å². The van der Waals surface area contributed by atoms with Crippen molar-refractivity contribution in [3.63, 3.8) is 0 Å². The van der Waals surface area contributed by atoms with Gasteiger partial charge >= 0.3 is 0 Å². The zero-order valence-electron chi connectivity index (χ0n) is 11.7. The molecule has 0 aliphatic heterocycles. The predicted molar refractivity (Wildman–Crippen MR) is 93.0 cm³/mol. The van der Waals surface area contributed by atoms with Crippen molar-refractivity contribution in [3.05, 3.63) is 63.2 Å². The van der Waals surface area contributed by atoms with E-state index in [2.05, 4.69) is 33.2 Å². The van der Waals surface area contributed by atoms with E-state index in [1.807, 2.05) is 18.2 Å². The van der Waals surface area contributed by atoms with E-state index >= 15 is 0 Å². The van der Waals surface area contributed by atoms with E-state index in [1.54, 1.807) is 30.3 Å². The molecular weight excluding hydrogens is 395 g/mol. The molecular formula is C16H15IN2O3. The molecule has 0 saturated heterocycles. The lowest BCUT2D eigenvalue weighted by Gasteiger charge is -2.08. The van der Waals surface area contributed by atoms with Gasteiger partial charge in [-0.3, -0.25) is 9.59 Å². The maximum Gasteiger partial charge on any atom is 0.256 e. The van der Waals surface area contributed by atoms with E-state index in [0.717, 1.165) is 3.57 Å². The highest BCUT2D eigenvalue weighted by Crippen LogP contribution is 2.15. The van der Waals surface area contributed by atoms with Gasteiger partial charge in [-0.25, -0.2) is 0 Å². The van der Waals surface area contributed by atoms with E-state index in [0.29, 0.717) is 16.8 Å². The molecule has 2 aromatic carbocycles. The monoisotopic (exact) mass is 410 g/mol. The van der Waals surface area contributed by atoms with Gasteiger partial charge in [-0.05, 0) is 59.0 Å². The number of rotatable bonds is 5. The molecule has 0 aliphatic carbocycles. The minimum Gasteiger partial charge on any atom is -0.395 e. The molecule has 0 bridgehead atoms. The Morgan fingerprint density at radius 3 is 2.32 bits per heavy atom. The second kappa shape index (κ2) is 7.90. The lowest BCUT2D eigenvalue weighted by molar-refractivity contribution is 0.0944. The Balaban J connectivity index is 2.04. The molecule has 2 aromatic rings. The molecule has 0 radical (unpaired) electrons. The molecule has 0 spiro atoms. The Labute approximate surface area is 141 Å². The number of nitrogens with one attached hydrogen (secondary N) is 2. The summed E-state index contributed by atoms with van der Waals surface area (Å²) in [6, 6.07) is 13.9. The van der Waals surface area contributed by atoms with Crippen molar-refractivity contribution in [2.75, 3.05) is 18.5 Å². The summed E-state index contributed by atoms with van der Waals surface area (Å²) in [4.78, 5) is 23.9. The maximum absolute atomic E-state index is 12.2. The van der Waals surface area contributed by atoms with Crippen LogP contribution in [0.5, 0.6) is 0 Å². The van der Waals surface area contributed by atoms with Crippen LogP contribution in [0.25, 0.3) is 0 Å². The Hall–Kier alpha value is -1.93. The number of hydrogen-bond acceptors (Lipinski definition) is 3. The Morgan fingerprint density at radius 1 is 1.00 bits per heavy atom. The quantitative estimate of drug-likeness (QED) is 0.662. The van der Waals surface area contributed by atoms with E-state index < -0.39 is 0 Å². The van der Waals surface area contributed by atoms with E-state index in [9.17, 15) is 9.59 Å². The number of aliphatic hydroxyl groups is 1. The lowest BCUT2D eigenvalue weighted by atomic mass is 10.1. The van der Waals surface area contributed by atoms with Gasteiger partial charge in [-0.2, -0.15) is 0 Å². The van der Waals surface area contributed by atoms with Crippen LogP contribution in [0.2, 0.25) is 0 Å². The van der Waals surface area contributed by atoms with Gasteiger partial charge in [0.1, 0.15) is 0 Å². The average molecular weight is 410 g/mol. The third-order valence-electron chi connectivity index (χ3n) is 2.92. The van der Waals surface area contributed by atoms with Gasteiger partial charge in [0.05, 0.1) is 12.2 Å². The summed E-state index contributed by atoms with van der Waals surface area (Å²) >= 11 is 2.11. The van der Waals surface area contributed by atoms with Crippen molar-refractivity contribution in [3.8, 4) is 0 Å². The number of aliphatic hydroxyl groups excluding tert-OH is 1. The van der Waals surface area contributed by atoms with Gasteiger partial charge < -0.3 is 15.7 Å². The van der Waals surface area contributed by atoms with Gasteiger partial charge in [0.15, 0.2) is 0 Å². The Bertz CT molecular complexity index is 671. The highest BCUT2D eigenvalue weighted by atomic mass is 127. The van der Waals surface area contributed by atoms with E-state index in [4.69, 9.17) is 5.11 Å². The largest absolute Gasteiger partial charge is 0.395 e. The number of hydrogen-bond donors (Lipinski definition) is 3. The molecule has 114 valence electrons. The van der Waals surface area contributed by atoms with Crippen LogP contribution in [0.15, 0.2) is 48.5 Å². The second-order valence-corrected chi connectivity index (χ2v) is 5.65. The van der Waals surface area contributed by atoms with Gasteiger partial charge in [-0.15, -0.1) is 0 Å². The van der Waals surface area contributed by atoms with Crippen LogP contribution in [-0.4, -0.2) is 30.1 Å². The van der Waals surface area contributed by atoms with Crippen molar-refractivity contribution >= 4 is 40.1 Å². The first-order chi connectivity index (χ1) is 10.6. The molecule has 22 heavy (non-hydrogen) atoms. The number of anilines is 1. The zero-order valence-corrected chi connectivity index (χ0v) is 13.8. The highest BCUT2D eigenvalue weighted by Gasteiger charge is 2.10. The van der Waals surface area contributed by atoms with Crippen LogP contribution >= 0.6 is 22.6 Å². The third-order valence-corrected chi connectivity index (χ3v) is 3.86. The summed E-state index contributed by atoms with van der Waals surface area (Å²) in [6.07, 6.45) is 0. The van der Waals surface area contributed by atoms with Gasteiger partial charge in [-0.1, -0.05) is 12.1 Å². The number of carbonyl (C=O) groups excluding carboxylic acids is 2. The molecule has 0 atom stereocenters. The molecule has 0 saturated carbocycles. The standard InChI is InChI=1S/C16H15IN2O3/c17-14-4-2-1-3-13(14)16(22)19-12-7-5-11(6-8-12)15(21)18-9-10-20/h1-8,20H,9-10H2,(H,18,21)(H,19,22). The summed E-state index contributed by atoms with van der Waals surface area (Å²) < 4.78 is 0.873.